The van der Waals surface area contributed by atoms with Gasteiger partial charge in [-0.3, -0.25) is 0 Å². The van der Waals surface area contributed by atoms with Gasteiger partial charge >= 0.3 is 0 Å². The standard InChI is InChI=1S/C24H35NO2Si2/c1-6-7-8-9-18-28(2,3)27-29(4,5)20-26-24-16-14-23(15-17-24)22-12-10-21(19-25)11-13-22/h10-17H,6-9,18,20H2,1-5H3. The summed E-state index contributed by atoms with van der Waals surface area (Å²) in [6.07, 6.45) is 5.89. The van der Waals surface area contributed by atoms with Crippen molar-refractivity contribution in [2.45, 2.75) is 64.8 Å². The van der Waals surface area contributed by atoms with Crippen molar-refractivity contribution in [3.05, 3.63) is 54.1 Å². The summed E-state index contributed by atoms with van der Waals surface area (Å²) in [7, 11) is -3.50. The fraction of sp³-hybridized carbons (Fsp3) is 0.458. The van der Waals surface area contributed by atoms with Crippen LogP contribution in [0, 0.1) is 11.3 Å². The Morgan fingerprint density at radius 2 is 1.38 bits per heavy atom. The number of unbranched alkanes of at least 4 members (excludes halogenated alkanes) is 3. The number of benzene rings is 2. The molecule has 5 heteroatoms. The highest BCUT2D eigenvalue weighted by atomic mass is 28.4. The monoisotopic (exact) mass is 425 g/mol. The minimum Gasteiger partial charge on any atom is -0.494 e. The van der Waals surface area contributed by atoms with Gasteiger partial charge in [0, 0.05) is 0 Å². The van der Waals surface area contributed by atoms with Crippen LogP contribution in [0.2, 0.25) is 32.2 Å². The molecule has 0 aliphatic carbocycles. The molecule has 0 N–H and O–H groups in total. The van der Waals surface area contributed by atoms with Crippen LogP contribution in [0.1, 0.15) is 38.2 Å². The average molecular weight is 426 g/mol. The van der Waals surface area contributed by atoms with Crippen LogP contribution in [-0.4, -0.2) is 22.9 Å². The number of rotatable bonds is 11. The summed E-state index contributed by atoms with van der Waals surface area (Å²) in [6, 6.07) is 19.2. The van der Waals surface area contributed by atoms with Gasteiger partial charge in [-0.15, -0.1) is 0 Å². The van der Waals surface area contributed by atoms with Crippen LogP contribution in [0.15, 0.2) is 48.5 Å². The molecule has 0 saturated carbocycles. The predicted octanol–water partition coefficient (Wildman–Crippen LogP) is 7.15. The van der Waals surface area contributed by atoms with Crippen LogP contribution < -0.4 is 4.74 Å². The van der Waals surface area contributed by atoms with Crippen LogP contribution >= 0.6 is 0 Å². The van der Waals surface area contributed by atoms with Crippen LogP contribution in [0.25, 0.3) is 11.1 Å². The fourth-order valence-corrected chi connectivity index (χ4v) is 11.8. The van der Waals surface area contributed by atoms with Gasteiger partial charge in [0.15, 0.2) is 8.32 Å². The molecule has 3 nitrogen and oxygen atoms in total. The van der Waals surface area contributed by atoms with Gasteiger partial charge in [0.25, 0.3) is 0 Å². The van der Waals surface area contributed by atoms with Crippen molar-refractivity contribution < 1.29 is 8.85 Å². The van der Waals surface area contributed by atoms with E-state index in [1.165, 1.54) is 31.7 Å². The van der Waals surface area contributed by atoms with Gasteiger partial charge in [-0.05, 0) is 67.6 Å². The highest BCUT2D eigenvalue weighted by molar-refractivity contribution is 6.84. The second-order valence-corrected chi connectivity index (χ2v) is 17.6. The molecule has 0 spiro atoms. The van der Waals surface area contributed by atoms with Gasteiger partial charge in [0.1, 0.15) is 12.0 Å². The Labute approximate surface area is 178 Å². The molecule has 2 rings (SSSR count). The number of nitriles is 1. The molecule has 0 aliphatic rings. The largest absolute Gasteiger partial charge is 0.494 e. The number of nitrogens with zero attached hydrogens (tertiary/aromatic N) is 1. The topological polar surface area (TPSA) is 42.2 Å². The van der Waals surface area contributed by atoms with Crippen molar-refractivity contribution in [1.29, 1.82) is 5.26 Å². The van der Waals surface area contributed by atoms with Crippen molar-refractivity contribution in [2.75, 3.05) is 6.23 Å². The van der Waals surface area contributed by atoms with Crippen LogP contribution in [0.3, 0.4) is 0 Å². The lowest BCUT2D eigenvalue weighted by Gasteiger charge is -2.33. The zero-order chi connectivity index (χ0) is 21.3. The van der Waals surface area contributed by atoms with Gasteiger partial charge in [-0.25, -0.2) is 0 Å². The number of hydrogen-bond acceptors (Lipinski definition) is 3. The van der Waals surface area contributed by atoms with Crippen molar-refractivity contribution in [3.63, 3.8) is 0 Å². The molecule has 0 aromatic heterocycles. The minimum absolute atomic E-state index is 0.675. The molecule has 0 amide bonds. The highest BCUT2D eigenvalue weighted by Crippen LogP contribution is 2.25. The Morgan fingerprint density at radius 1 is 0.793 bits per heavy atom. The highest BCUT2D eigenvalue weighted by Gasteiger charge is 2.33. The minimum atomic E-state index is -1.87. The van der Waals surface area contributed by atoms with Gasteiger partial charge in [-0.2, -0.15) is 5.26 Å². The van der Waals surface area contributed by atoms with Crippen molar-refractivity contribution in [3.8, 4) is 22.9 Å². The third kappa shape index (κ3) is 8.18. The predicted molar refractivity (Wildman–Crippen MR) is 127 cm³/mol. The molecule has 0 fully saturated rings. The quantitative estimate of drug-likeness (QED) is 0.283. The summed E-state index contributed by atoms with van der Waals surface area (Å²) >= 11 is 0. The van der Waals surface area contributed by atoms with Crippen LogP contribution in [0.5, 0.6) is 5.75 Å². The first-order chi connectivity index (χ1) is 13.7. The second-order valence-electron chi connectivity index (χ2n) is 8.93. The van der Waals surface area contributed by atoms with E-state index in [-0.39, 0.29) is 0 Å². The Morgan fingerprint density at radius 3 is 1.93 bits per heavy atom. The average Bonchev–Trinajstić information content (AvgIpc) is 2.69. The van der Waals surface area contributed by atoms with E-state index in [0.29, 0.717) is 11.8 Å². The Balaban J connectivity index is 1.88. The van der Waals surface area contributed by atoms with E-state index < -0.39 is 16.6 Å². The third-order valence-electron chi connectivity index (χ3n) is 4.97. The molecule has 29 heavy (non-hydrogen) atoms. The molecular weight excluding hydrogens is 390 g/mol. The zero-order valence-corrected chi connectivity index (χ0v) is 20.6. The molecule has 0 atom stereocenters. The van der Waals surface area contributed by atoms with Crippen molar-refractivity contribution in [2.24, 2.45) is 0 Å². The molecule has 2 aromatic carbocycles. The molecule has 0 bridgehead atoms. The lowest BCUT2D eigenvalue weighted by atomic mass is 10.0. The SMILES string of the molecule is CCCCCC[Si](C)(C)O[Si](C)(C)COc1ccc(-c2ccc(C#N)cc2)cc1. The van der Waals surface area contributed by atoms with E-state index in [9.17, 15) is 0 Å². The second kappa shape index (κ2) is 10.8. The van der Waals surface area contributed by atoms with Crippen molar-refractivity contribution >= 4 is 16.6 Å². The lowest BCUT2D eigenvalue weighted by molar-refractivity contribution is 0.351. The molecule has 0 saturated heterocycles. The first-order valence-corrected chi connectivity index (χ1v) is 16.9. The van der Waals surface area contributed by atoms with Crippen molar-refractivity contribution in [1.82, 2.24) is 0 Å². The maximum absolute atomic E-state index is 8.92. The molecule has 0 radical (unpaired) electrons. The maximum atomic E-state index is 8.92. The molecule has 0 unspecified atom stereocenters. The smallest absolute Gasteiger partial charge is 0.213 e. The molecular formula is C24H35NO2Si2. The summed E-state index contributed by atoms with van der Waals surface area (Å²) in [5, 5.41) is 8.92. The molecule has 0 aliphatic heterocycles. The summed E-state index contributed by atoms with van der Waals surface area (Å²) in [5.41, 5.74) is 2.90. The third-order valence-corrected chi connectivity index (χ3v) is 11.8. The van der Waals surface area contributed by atoms with Gasteiger partial charge in [-0.1, -0.05) is 56.9 Å². The normalized spacial score (nSPS) is 11.9. The van der Waals surface area contributed by atoms with Gasteiger partial charge < -0.3 is 8.85 Å². The molecule has 0 heterocycles. The first kappa shape index (κ1) is 23.4. The van der Waals surface area contributed by atoms with Gasteiger partial charge in [0.2, 0.25) is 8.32 Å². The van der Waals surface area contributed by atoms with Crippen LogP contribution in [0.4, 0.5) is 0 Å². The van der Waals surface area contributed by atoms with E-state index >= 15 is 0 Å². The fourth-order valence-electron chi connectivity index (χ4n) is 3.54. The Bertz CT molecular complexity index is 793. The summed E-state index contributed by atoms with van der Waals surface area (Å²) in [4.78, 5) is 0. The van der Waals surface area contributed by atoms with Gasteiger partial charge in [0.05, 0.1) is 11.6 Å². The lowest BCUT2D eigenvalue weighted by Crippen LogP contribution is -2.48. The number of hydrogen-bond donors (Lipinski definition) is 0. The maximum Gasteiger partial charge on any atom is 0.213 e. The van der Waals surface area contributed by atoms with E-state index in [1.54, 1.807) is 0 Å². The summed E-state index contributed by atoms with van der Waals surface area (Å²) < 4.78 is 12.8. The van der Waals surface area contributed by atoms with E-state index in [2.05, 4.69) is 51.3 Å². The summed E-state index contributed by atoms with van der Waals surface area (Å²) in [6.45, 7) is 11.5. The Kier molecular flexibility index (Phi) is 8.69. The first-order valence-electron chi connectivity index (χ1n) is 10.7. The Hall–Kier alpha value is -1.88. The van der Waals surface area contributed by atoms with E-state index in [0.717, 1.165) is 16.9 Å². The zero-order valence-electron chi connectivity index (χ0n) is 18.6. The number of ether oxygens (including phenoxy) is 1. The van der Waals surface area contributed by atoms with E-state index in [4.69, 9.17) is 14.1 Å². The van der Waals surface area contributed by atoms with E-state index in [1.807, 2.05) is 36.4 Å². The molecule has 2 aromatic rings. The summed E-state index contributed by atoms with van der Waals surface area (Å²) in [5.74, 6) is 0.883. The molecule has 156 valence electrons. The van der Waals surface area contributed by atoms with Crippen LogP contribution in [-0.2, 0) is 4.12 Å².